The summed E-state index contributed by atoms with van der Waals surface area (Å²) in [6, 6.07) is 13.1. The van der Waals surface area contributed by atoms with Crippen LogP contribution in [-0.4, -0.2) is 4.98 Å². The molecule has 0 amide bonds. The van der Waals surface area contributed by atoms with Crippen LogP contribution in [0.25, 0.3) is 11.3 Å². The minimum atomic E-state index is 0.503. The molecule has 0 saturated carbocycles. The summed E-state index contributed by atoms with van der Waals surface area (Å²) in [4.78, 5) is 4.56. The monoisotopic (exact) mass is 253 g/mol. The summed E-state index contributed by atoms with van der Waals surface area (Å²) in [6.45, 7) is 6.67. The Hall–Kier alpha value is -1.63. The van der Waals surface area contributed by atoms with Crippen molar-refractivity contribution in [3.8, 4) is 11.3 Å². The van der Waals surface area contributed by atoms with Crippen LogP contribution in [-0.2, 0) is 6.42 Å². The lowest BCUT2D eigenvalue weighted by atomic mass is 9.96. The standard InChI is InChI=1S/C18H23N/c1-4-5-7-15-9-11-16(12-10-15)18-17(14(2)3)8-6-13-19-18/h6,8-14H,4-5,7H2,1-3H3. The molecule has 0 saturated heterocycles. The molecule has 0 radical (unpaired) electrons. The van der Waals surface area contributed by atoms with Crippen LogP contribution in [0.4, 0.5) is 0 Å². The van der Waals surface area contributed by atoms with E-state index in [0.717, 1.165) is 5.69 Å². The molecule has 2 aromatic rings. The van der Waals surface area contributed by atoms with Gasteiger partial charge in [-0.3, -0.25) is 4.98 Å². The molecule has 0 unspecified atom stereocenters. The van der Waals surface area contributed by atoms with Gasteiger partial charge in [0.25, 0.3) is 0 Å². The van der Waals surface area contributed by atoms with Crippen LogP contribution < -0.4 is 0 Å². The van der Waals surface area contributed by atoms with Crippen molar-refractivity contribution < 1.29 is 0 Å². The summed E-state index contributed by atoms with van der Waals surface area (Å²) in [5.74, 6) is 0.503. The third kappa shape index (κ3) is 3.44. The maximum Gasteiger partial charge on any atom is 0.0736 e. The van der Waals surface area contributed by atoms with Gasteiger partial charge in [0.05, 0.1) is 5.69 Å². The minimum Gasteiger partial charge on any atom is -0.256 e. The van der Waals surface area contributed by atoms with Gasteiger partial charge in [-0.2, -0.15) is 0 Å². The Balaban J connectivity index is 2.27. The Morgan fingerprint density at radius 2 is 1.79 bits per heavy atom. The molecule has 0 aliphatic heterocycles. The first-order valence-corrected chi connectivity index (χ1v) is 7.26. The Morgan fingerprint density at radius 3 is 2.42 bits per heavy atom. The van der Waals surface area contributed by atoms with E-state index in [9.17, 15) is 0 Å². The number of benzene rings is 1. The maximum atomic E-state index is 4.56. The molecule has 1 aromatic heterocycles. The van der Waals surface area contributed by atoms with Crippen molar-refractivity contribution in [2.24, 2.45) is 0 Å². The zero-order valence-corrected chi connectivity index (χ0v) is 12.2. The number of rotatable bonds is 5. The number of aromatic nitrogens is 1. The molecule has 0 bridgehead atoms. The number of pyridine rings is 1. The van der Waals surface area contributed by atoms with Crippen LogP contribution in [0.3, 0.4) is 0 Å². The summed E-state index contributed by atoms with van der Waals surface area (Å²) in [7, 11) is 0. The van der Waals surface area contributed by atoms with E-state index in [0.29, 0.717) is 5.92 Å². The van der Waals surface area contributed by atoms with E-state index in [4.69, 9.17) is 0 Å². The first-order chi connectivity index (χ1) is 9.22. The average Bonchev–Trinajstić information content (AvgIpc) is 2.45. The van der Waals surface area contributed by atoms with E-state index in [-0.39, 0.29) is 0 Å². The zero-order valence-electron chi connectivity index (χ0n) is 12.2. The third-order valence-corrected chi connectivity index (χ3v) is 3.51. The predicted octanol–water partition coefficient (Wildman–Crippen LogP) is 5.21. The molecule has 0 spiro atoms. The van der Waals surface area contributed by atoms with Crippen LogP contribution in [0.2, 0.25) is 0 Å². The zero-order chi connectivity index (χ0) is 13.7. The Labute approximate surface area is 116 Å². The van der Waals surface area contributed by atoms with E-state index in [1.165, 1.54) is 36.0 Å². The molecule has 0 aliphatic carbocycles. The van der Waals surface area contributed by atoms with Gasteiger partial charge in [-0.1, -0.05) is 57.5 Å². The highest BCUT2D eigenvalue weighted by Crippen LogP contribution is 2.27. The molecule has 1 heteroatoms. The average molecular weight is 253 g/mol. The van der Waals surface area contributed by atoms with E-state index in [2.05, 4.69) is 56.1 Å². The molecule has 19 heavy (non-hydrogen) atoms. The molecule has 0 fully saturated rings. The van der Waals surface area contributed by atoms with Gasteiger partial charge >= 0.3 is 0 Å². The quantitative estimate of drug-likeness (QED) is 0.712. The SMILES string of the molecule is CCCCc1ccc(-c2ncccc2C(C)C)cc1. The minimum absolute atomic E-state index is 0.503. The Morgan fingerprint density at radius 1 is 1.05 bits per heavy atom. The third-order valence-electron chi connectivity index (χ3n) is 3.51. The molecule has 2 rings (SSSR count). The predicted molar refractivity (Wildman–Crippen MR) is 82.4 cm³/mol. The van der Waals surface area contributed by atoms with Gasteiger partial charge in [0.2, 0.25) is 0 Å². The van der Waals surface area contributed by atoms with Crippen molar-refractivity contribution in [2.75, 3.05) is 0 Å². The first-order valence-electron chi connectivity index (χ1n) is 7.26. The van der Waals surface area contributed by atoms with Gasteiger partial charge in [-0.05, 0) is 36.0 Å². The number of aryl methyl sites for hydroxylation is 1. The summed E-state index contributed by atoms with van der Waals surface area (Å²) in [5.41, 5.74) is 5.10. The molecular weight excluding hydrogens is 230 g/mol. The Kier molecular flexibility index (Phi) is 4.73. The van der Waals surface area contributed by atoms with Crippen molar-refractivity contribution in [3.05, 3.63) is 53.7 Å². The van der Waals surface area contributed by atoms with Crippen LogP contribution in [0.1, 0.15) is 50.7 Å². The fourth-order valence-electron chi connectivity index (χ4n) is 2.34. The van der Waals surface area contributed by atoms with Gasteiger partial charge in [0.1, 0.15) is 0 Å². The highest BCUT2D eigenvalue weighted by atomic mass is 14.7. The molecule has 1 heterocycles. The smallest absolute Gasteiger partial charge is 0.0736 e. The number of unbranched alkanes of at least 4 members (excludes halogenated alkanes) is 1. The van der Waals surface area contributed by atoms with Gasteiger partial charge in [-0.25, -0.2) is 0 Å². The fraction of sp³-hybridized carbons (Fsp3) is 0.389. The van der Waals surface area contributed by atoms with Crippen LogP contribution in [0, 0.1) is 0 Å². The van der Waals surface area contributed by atoms with E-state index >= 15 is 0 Å². The second-order valence-electron chi connectivity index (χ2n) is 5.40. The van der Waals surface area contributed by atoms with E-state index in [1.54, 1.807) is 0 Å². The molecule has 0 aliphatic rings. The van der Waals surface area contributed by atoms with Gasteiger partial charge in [0.15, 0.2) is 0 Å². The molecule has 1 nitrogen and oxygen atoms in total. The topological polar surface area (TPSA) is 12.9 Å². The second kappa shape index (κ2) is 6.51. The van der Waals surface area contributed by atoms with Crippen molar-refractivity contribution in [1.29, 1.82) is 0 Å². The lowest BCUT2D eigenvalue weighted by Gasteiger charge is -2.12. The van der Waals surface area contributed by atoms with Crippen LogP contribution >= 0.6 is 0 Å². The normalized spacial score (nSPS) is 10.9. The molecule has 100 valence electrons. The van der Waals surface area contributed by atoms with Crippen LogP contribution in [0.15, 0.2) is 42.6 Å². The van der Waals surface area contributed by atoms with Gasteiger partial charge in [0, 0.05) is 11.8 Å². The fourth-order valence-corrected chi connectivity index (χ4v) is 2.34. The largest absolute Gasteiger partial charge is 0.256 e. The molecule has 0 N–H and O–H groups in total. The lowest BCUT2D eigenvalue weighted by molar-refractivity contribution is 0.795. The molecular formula is C18H23N. The lowest BCUT2D eigenvalue weighted by Crippen LogP contribution is -1.95. The molecule has 0 atom stereocenters. The summed E-state index contributed by atoms with van der Waals surface area (Å²) in [5, 5.41) is 0. The van der Waals surface area contributed by atoms with Crippen LogP contribution in [0.5, 0.6) is 0 Å². The summed E-state index contributed by atoms with van der Waals surface area (Å²) >= 11 is 0. The summed E-state index contributed by atoms with van der Waals surface area (Å²) in [6.07, 6.45) is 5.57. The first kappa shape index (κ1) is 13.8. The highest BCUT2D eigenvalue weighted by molar-refractivity contribution is 5.63. The van der Waals surface area contributed by atoms with E-state index < -0.39 is 0 Å². The van der Waals surface area contributed by atoms with Gasteiger partial charge < -0.3 is 0 Å². The highest BCUT2D eigenvalue weighted by Gasteiger charge is 2.09. The van der Waals surface area contributed by atoms with Crippen molar-refractivity contribution in [1.82, 2.24) is 4.98 Å². The van der Waals surface area contributed by atoms with Crippen molar-refractivity contribution >= 4 is 0 Å². The van der Waals surface area contributed by atoms with Crippen molar-refractivity contribution in [3.63, 3.8) is 0 Å². The van der Waals surface area contributed by atoms with Crippen molar-refractivity contribution in [2.45, 2.75) is 46.0 Å². The molecule has 1 aromatic carbocycles. The second-order valence-corrected chi connectivity index (χ2v) is 5.40. The Bertz CT molecular complexity index is 511. The summed E-state index contributed by atoms with van der Waals surface area (Å²) < 4.78 is 0. The van der Waals surface area contributed by atoms with Gasteiger partial charge in [-0.15, -0.1) is 0 Å². The maximum absolute atomic E-state index is 4.56. The van der Waals surface area contributed by atoms with E-state index in [1.807, 2.05) is 12.3 Å². The number of hydrogen-bond donors (Lipinski definition) is 0. The number of hydrogen-bond acceptors (Lipinski definition) is 1. The number of nitrogens with zero attached hydrogens (tertiary/aromatic N) is 1.